The fourth-order valence-corrected chi connectivity index (χ4v) is 2.43. The Bertz CT molecular complexity index is 246. The molecule has 2 rings (SSSR count). The lowest BCUT2D eigenvalue weighted by Crippen LogP contribution is -2.49. The van der Waals surface area contributed by atoms with Gasteiger partial charge in [0.05, 0.1) is 5.60 Å². The highest BCUT2D eigenvalue weighted by Gasteiger charge is 2.31. The Morgan fingerprint density at radius 2 is 2.19 bits per heavy atom. The van der Waals surface area contributed by atoms with E-state index in [0.717, 1.165) is 19.4 Å². The minimum Gasteiger partial charge on any atom is -0.387 e. The Morgan fingerprint density at radius 3 is 2.81 bits per heavy atom. The summed E-state index contributed by atoms with van der Waals surface area (Å²) in [6.07, 6.45) is 5.28. The monoisotopic (exact) mass is 227 g/mol. The van der Waals surface area contributed by atoms with Crippen LogP contribution in [0.5, 0.6) is 0 Å². The molecule has 5 nitrogen and oxygen atoms in total. The van der Waals surface area contributed by atoms with Crippen LogP contribution in [0.1, 0.15) is 32.1 Å². The molecule has 1 aliphatic heterocycles. The van der Waals surface area contributed by atoms with E-state index in [-0.39, 0.29) is 6.03 Å². The van der Waals surface area contributed by atoms with E-state index < -0.39 is 5.60 Å². The Hall–Kier alpha value is -0.810. The smallest absolute Gasteiger partial charge is 0.315 e. The molecule has 1 saturated heterocycles. The molecule has 16 heavy (non-hydrogen) atoms. The summed E-state index contributed by atoms with van der Waals surface area (Å²) >= 11 is 0. The van der Waals surface area contributed by atoms with Crippen LogP contribution >= 0.6 is 0 Å². The summed E-state index contributed by atoms with van der Waals surface area (Å²) in [5, 5.41) is 18.8. The van der Waals surface area contributed by atoms with Gasteiger partial charge in [-0.15, -0.1) is 0 Å². The highest BCUT2D eigenvalue weighted by Crippen LogP contribution is 2.17. The molecule has 2 amide bonds. The number of aliphatic hydroxyl groups is 1. The van der Waals surface area contributed by atoms with Crippen molar-refractivity contribution in [3.8, 4) is 0 Å². The second kappa shape index (κ2) is 5.01. The molecule has 1 unspecified atom stereocenters. The molecule has 92 valence electrons. The molecule has 1 heterocycles. The van der Waals surface area contributed by atoms with E-state index in [1.54, 1.807) is 0 Å². The zero-order valence-corrected chi connectivity index (χ0v) is 9.59. The van der Waals surface area contributed by atoms with Gasteiger partial charge in [-0.1, -0.05) is 12.8 Å². The zero-order valence-electron chi connectivity index (χ0n) is 9.59. The summed E-state index contributed by atoms with van der Waals surface area (Å²) < 4.78 is 0. The number of carbonyl (C=O) groups excluding carboxylic acids is 1. The summed E-state index contributed by atoms with van der Waals surface area (Å²) in [6.45, 7) is 1.72. The lowest BCUT2D eigenvalue weighted by Gasteiger charge is -2.22. The second-order valence-corrected chi connectivity index (χ2v) is 4.96. The SMILES string of the molecule is O=C(NCC1(O)CCNC1)NC1CCCC1. The Balaban J connectivity index is 1.66. The summed E-state index contributed by atoms with van der Waals surface area (Å²) in [6, 6.07) is 0.184. The number of nitrogens with one attached hydrogen (secondary N) is 3. The molecule has 1 atom stereocenters. The molecule has 5 heteroatoms. The van der Waals surface area contributed by atoms with Gasteiger partial charge in [-0.2, -0.15) is 0 Å². The lowest BCUT2D eigenvalue weighted by molar-refractivity contribution is 0.0633. The van der Waals surface area contributed by atoms with Crippen molar-refractivity contribution in [3.05, 3.63) is 0 Å². The van der Waals surface area contributed by atoms with Crippen LogP contribution in [0.25, 0.3) is 0 Å². The quantitative estimate of drug-likeness (QED) is 0.546. The van der Waals surface area contributed by atoms with E-state index in [0.29, 0.717) is 25.6 Å². The fourth-order valence-electron chi connectivity index (χ4n) is 2.43. The normalized spacial score (nSPS) is 30.6. The van der Waals surface area contributed by atoms with Gasteiger partial charge in [0.2, 0.25) is 0 Å². The topological polar surface area (TPSA) is 73.4 Å². The fraction of sp³-hybridized carbons (Fsp3) is 0.909. The maximum absolute atomic E-state index is 11.5. The van der Waals surface area contributed by atoms with Crippen LogP contribution in [0.15, 0.2) is 0 Å². The Morgan fingerprint density at radius 1 is 1.44 bits per heavy atom. The van der Waals surface area contributed by atoms with Crippen LogP contribution in [-0.4, -0.2) is 42.4 Å². The van der Waals surface area contributed by atoms with Crippen LogP contribution in [0.4, 0.5) is 4.79 Å². The lowest BCUT2D eigenvalue weighted by atomic mass is 10.0. The average molecular weight is 227 g/mol. The predicted molar refractivity (Wildman–Crippen MR) is 61.2 cm³/mol. The second-order valence-electron chi connectivity index (χ2n) is 4.96. The minimum absolute atomic E-state index is 0.146. The van der Waals surface area contributed by atoms with Crippen LogP contribution < -0.4 is 16.0 Å². The van der Waals surface area contributed by atoms with Gasteiger partial charge in [-0.25, -0.2) is 4.79 Å². The first-order valence-corrected chi connectivity index (χ1v) is 6.15. The molecule has 2 aliphatic rings. The van der Waals surface area contributed by atoms with Gasteiger partial charge in [0, 0.05) is 19.1 Å². The van der Waals surface area contributed by atoms with E-state index in [1.165, 1.54) is 12.8 Å². The van der Waals surface area contributed by atoms with Crippen molar-refractivity contribution in [2.45, 2.75) is 43.7 Å². The number of β-amino-alcohol motifs (C(OH)–C–C–N with tert-alkyl or cyclic N) is 1. The largest absolute Gasteiger partial charge is 0.387 e. The van der Waals surface area contributed by atoms with Gasteiger partial charge in [0.1, 0.15) is 0 Å². The summed E-state index contributed by atoms with van der Waals surface area (Å²) in [4.78, 5) is 11.5. The predicted octanol–water partition coefficient (Wildman–Crippen LogP) is -0.0474. The van der Waals surface area contributed by atoms with Crippen LogP contribution in [0.2, 0.25) is 0 Å². The Labute approximate surface area is 96.0 Å². The third-order valence-electron chi connectivity index (χ3n) is 3.49. The number of hydrogen-bond donors (Lipinski definition) is 4. The van der Waals surface area contributed by atoms with E-state index >= 15 is 0 Å². The van der Waals surface area contributed by atoms with Gasteiger partial charge < -0.3 is 21.1 Å². The molecule has 0 radical (unpaired) electrons. The first kappa shape index (κ1) is 11.7. The maximum Gasteiger partial charge on any atom is 0.315 e. The molecule has 4 N–H and O–H groups in total. The van der Waals surface area contributed by atoms with E-state index in [1.807, 2.05) is 0 Å². The number of rotatable bonds is 3. The van der Waals surface area contributed by atoms with Crippen LogP contribution in [-0.2, 0) is 0 Å². The highest BCUT2D eigenvalue weighted by molar-refractivity contribution is 5.74. The standard InChI is InChI=1S/C11H21N3O2/c15-10(14-9-3-1-2-4-9)13-8-11(16)5-6-12-7-11/h9,12,16H,1-8H2,(H2,13,14,15). The van der Waals surface area contributed by atoms with Crippen molar-refractivity contribution in [1.29, 1.82) is 0 Å². The number of urea groups is 1. The third-order valence-corrected chi connectivity index (χ3v) is 3.49. The average Bonchev–Trinajstić information content (AvgIpc) is 2.88. The zero-order chi connectivity index (χ0) is 11.4. The van der Waals surface area contributed by atoms with Gasteiger partial charge in [-0.05, 0) is 25.8 Å². The van der Waals surface area contributed by atoms with Gasteiger partial charge in [-0.3, -0.25) is 0 Å². The molecule has 1 aliphatic carbocycles. The molecule has 0 aromatic heterocycles. The van der Waals surface area contributed by atoms with E-state index in [9.17, 15) is 9.90 Å². The Kier molecular flexibility index (Phi) is 3.66. The maximum atomic E-state index is 11.5. The van der Waals surface area contributed by atoms with Crippen molar-refractivity contribution in [2.24, 2.45) is 0 Å². The van der Waals surface area contributed by atoms with E-state index in [4.69, 9.17) is 0 Å². The molecule has 1 saturated carbocycles. The number of hydrogen-bond acceptors (Lipinski definition) is 3. The van der Waals surface area contributed by atoms with Crippen molar-refractivity contribution < 1.29 is 9.90 Å². The van der Waals surface area contributed by atoms with Gasteiger partial charge in [0.15, 0.2) is 0 Å². The molecule has 0 aromatic carbocycles. The molecular formula is C11H21N3O2. The summed E-state index contributed by atoms with van der Waals surface area (Å²) in [7, 11) is 0. The summed E-state index contributed by atoms with van der Waals surface area (Å²) in [5.74, 6) is 0. The van der Waals surface area contributed by atoms with Crippen molar-refractivity contribution in [3.63, 3.8) is 0 Å². The number of carbonyl (C=O) groups is 1. The van der Waals surface area contributed by atoms with Crippen molar-refractivity contribution in [2.75, 3.05) is 19.6 Å². The van der Waals surface area contributed by atoms with E-state index in [2.05, 4.69) is 16.0 Å². The number of amides is 2. The van der Waals surface area contributed by atoms with Gasteiger partial charge in [0.25, 0.3) is 0 Å². The first-order valence-electron chi connectivity index (χ1n) is 6.15. The molecule has 0 bridgehead atoms. The highest BCUT2D eigenvalue weighted by atomic mass is 16.3. The molecule has 2 fully saturated rings. The van der Waals surface area contributed by atoms with Gasteiger partial charge >= 0.3 is 6.03 Å². The molecule has 0 aromatic rings. The van der Waals surface area contributed by atoms with Crippen LogP contribution in [0.3, 0.4) is 0 Å². The summed E-state index contributed by atoms with van der Waals surface area (Å²) in [5.41, 5.74) is -0.757. The minimum atomic E-state index is -0.757. The molecular weight excluding hydrogens is 206 g/mol. The molecule has 0 spiro atoms. The van der Waals surface area contributed by atoms with Crippen molar-refractivity contribution in [1.82, 2.24) is 16.0 Å². The third kappa shape index (κ3) is 3.09. The van der Waals surface area contributed by atoms with Crippen molar-refractivity contribution >= 4 is 6.03 Å². The first-order chi connectivity index (χ1) is 7.68. The van der Waals surface area contributed by atoms with Crippen LogP contribution in [0, 0.1) is 0 Å².